The summed E-state index contributed by atoms with van der Waals surface area (Å²) in [7, 11) is 0. The third-order valence-corrected chi connectivity index (χ3v) is 3.01. The predicted octanol–water partition coefficient (Wildman–Crippen LogP) is 3.25. The lowest BCUT2D eigenvalue weighted by Crippen LogP contribution is -2.14. The normalized spacial score (nSPS) is 11.8. The SMILES string of the molecule is C=C/C(C)=C(/O)C(=C)NCc1ccc2nccnc2c1. The number of aliphatic hydroxyl groups is 1. The molecule has 1 aromatic carbocycles. The van der Waals surface area contributed by atoms with E-state index in [1.165, 1.54) is 0 Å². The van der Waals surface area contributed by atoms with E-state index in [4.69, 9.17) is 0 Å². The van der Waals surface area contributed by atoms with Crippen LogP contribution in [0, 0.1) is 0 Å². The van der Waals surface area contributed by atoms with Crippen molar-refractivity contribution >= 4 is 11.0 Å². The van der Waals surface area contributed by atoms with Crippen LogP contribution in [0.25, 0.3) is 11.0 Å². The van der Waals surface area contributed by atoms with Crippen molar-refractivity contribution in [3.8, 4) is 0 Å². The van der Waals surface area contributed by atoms with Crippen LogP contribution in [0.5, 0.6) is 0 Å². The zero-order valence-electron chi connectivity index (χ0n) is 11.4. The Morgan fingerprint density at radius 1 is 1.30 bits per heavy atom. The number of aliphatic hydroxyl groups excluding tert-OH is 1. The monoisotopic (exact) mass is 267 g/mol. The minimum absolute atomic E-state index is 0.126. The number of aromatic nitrogens is 2. The number of benzene rings is 1. The first-order valence-electron chi connectivity index (χ1n) is 6.27. The second-order valence-electron chi connectivity index (χ2n) is 4.45. The summed E-state index contributed by atoms with van der Waals surface area (Å²) in [5.41, 5.74) is 3.91. The number of hydrogen-bond acceptors (Lipinski definition) is 4. The van der Waals surface area contributed by atoms with Crippen LogP contribution >= 0.6 is 0 Å². The lowest BCUT2D eigenvalue weighted by atomic mass is 10.1. The number of rotatable bonds is 5. The van der Waals surface area contributed by atoms with Crippen LogP contribution in [-0.4, -0.2) is 15.1 Å². The largest absolute Gasteiger partial charge is 0.506 e. The van der Waals surface area contributed by atoms with Crippen molar-refractivity contribution in [1.82, 2.24) is 15.3 Å². The first kappa shape index (κ1) is 13.8. The molecule has 1 aromatic heterocycles. The quantitative estimate of drug-likeness (QED) is 0.645. The van der Waals surface area contributed by atoms with E-state index in [0.29, 0.717) is 17.8 Å². The molecule has 102 valence electrons. The van der Waals surface area contributed by atoms with Crippen molar-refractivity contribution in [3.05, 3.63) is 72.4 Å². The first-order valence-corrected chi connectivity index (χ1v) is 6.27. The average molecular weight is 267 g/mol. The van der Waals surface area contributed by atoms with E-state index in [1.807, 2.05) is 18.2 Å². The van der Waals surface area contributed by atoms with Gasteiger partial charge >= 0.3 is 0 Å². The van der Waals surface area contributed by atoms with Gasteiger partial charge in [0.2, 0.25) is 0 Å². The van der Waals surface area contributed by atoms with Crippen LogP contribution in [0.2, 0.25) is 0 Å². The fourth-order valence-corrected chi connectivity index (χ4v) is 1.75. The van der Waals surface area contributed by atoms with Crippen LogP contribution in [0.3, 0.4) is 0 Å². The molecule has 4 heteroatoms. The van der Waals surface area contributed by atoms with Crippen molar-refractivity contribution in [2.45, 2.75) is 13.5 Å². The van der Waals surface area contributed by atoms with Crippen LogP contribution in [0.1, 0.15) is 12.5 Å². The van der Waals surface area contributed by atoms with Crippen LogP contribution < -0.4 is 5.32 Å². The molecule has 0 aliphatic rings. The van der Waals surface area contributed by atoms with Crippen molar-refractivity contribution < 1.29 is 5.11 Å². The van der Waals surface area contributed by atoms with E-state index >= 15 is 0 Å². The fourth-order valence-electron chi connectivity index (χ4n) is 1.75. The summed E-state index contributed by atoms with van der Waals surface area (Å²) in [5.74, 6) is 0.126. The molecule has 2 aromatic rings. The van der Waals surface area contributed by atoms with Gasteiger partial charge in [0, 0.05) is 18.9 Å². The highest BCUT2D eigenvalue weighted by atomic mass is 16.3. The van der Waals surface area contributed by atoms with E-state index in [9.17, 15) is 5.11 Å². The Kier molecular flexibility index (Phi) is 4.15. The summed E-state index contributed by atoms with van der Waals surface area (Å²) in [6.07, 6.45) is 4.93. The average Bonchev–Trinajstić information content (AvgIpc) is 2.50. The molecular formula is C16H17N3O. The molecule has 0 aliphatic heterocycles. The number of nitrogens with zero attached hydrogens (tertiary/aromatic N) is 2. The van der Waals surface area contributed by atoms with Gasteiger partial charge in [0.1, 0.15) is 5.76 Å². The lowest BCUT2D eigenvalue weighted by Gasteiger charge is -2.10. The molecule has 0 saturated heterocycles. The number of fused-ring (bicyclic) bond motifs is 1. The Hall–Kier alpha value is -2.62. The topological polar surface area (TPSA) is 58.0 Å². The van der Waals surface area contributed by atoms with E-state index in [0.717, 1.165) is 16.6 Å². The summed E-state index contributed by atoms with van der Waals surface area (Å²) >= 11 is 0. The van der Waals surface area contributed by atoms with Crippen molar-refractivity contribution in [1.29, 1.82) is 0 Å². The van der Waals surface area contributed by atoms with Crippen LogP contribution in [-0.2, 0) is 6.54 Å². The lowest BCUT2D eigenvalue weighted by molar-refractivity contribution is 0.409. The van der Waals surface area contributed by atoms with Crippen LogP contribution in [0.4, 0.5) is 0 Å². The van der Waals surface area contributed by atoms with E-state index in [-0.39, 0.29) is 5.76 Å². The molecule has 4 nitrogen and oxygen atoms in total. The third-order valence-electron chi connectivity index (χ3n) is 3.01. The van der Waals surface area contributed by atoms with Gasteiger partial charge < -0.3 is 10.4 Å². The molecule has 20 heavy (non-hydrogen) atoms. The summed E-state index contributed by atoms with van der Waals surface area (Å²) in [6, 6.07) is 5.86. The molecule has 0 unspecified atom stereocenters. The fraction of sp³-hybridized carbons (Fsp3) is 0.125. The minimum atomic E-state index is 0.126. The van der Waals surface area contributed by atoms with Gasteiger partial charge in [-0.25, -0.2) is 0 Å². The molecule has 1 heterocycles. The molecule has 2 rings (SSSR count). The Bertz CT molecular complexity index is 689. The zero-order valence-corrected chi connectivity index (χ0v) is 11.4. The number of nitrogens with one attached hydrogen (secondary N) is 1. The Morgan fingerprint density at radius 3 is 2.70 bits per heavy atom. The van der Waals surface area contributed by atoms with E-state index in [1.54, 1.807) is 25.4 Å². The summed E-state index contributed by atoms with van der Waals surface area (Å²) < 4.78 is 0. The van der Waals surface area contributed by atoms with Crippen molar-refractivity contribution in [2.24, 2.45) is 0 Å². The molecule has 2 N–H and O–H groups in total. The highest BCUT2D eigenvalue weighted by Gasteiger charge is 2.04. The summed E-state index contributed by atoms with van der Waals surface area (Å²) in [5, 5.41) is 12.9. The van der Waals surface area contributed by atoms with Crippen molar-refractivity contribution in [2.75, 3.05) is 0 Å². The third kappa shape index (κ3) is 3.03. The standard InChI is InChI=1S/C16H17N3O/c1-4-11(2)16(20)12(3)19-10-13-5-6-14-15(9-13)18-8-7-17-14/h4-9,19-20H,1,3,10H2,2H3/b16-11+. The Balaban J connectivity index is 2.10. The minimum Gasteiger partial charge on any atom is -0.506 e. The smallest absolute Gasteiger partial charge is 0.140 e. The maximum atomic E-state index is 9.86. The van der Waals surface area contributed by atoms with Gasteiger partial charge in [-0.1, -0.05) is 25.3 Å². The molecular weight excluding hydrogens is 250 g/mol. The van der Waals surface area contributed by atoms with Gasteiger partial charge in [0.15, 0.2) is 0 Å². The predicted molar refractivity (Wildman–Crippen MR) is 81.0 cm³/mol. The molecule has 0 spiro atoms. The summed E-state index contributed by atoms with van der Waals surface area (Å²) in [4.78, 5) is 8.48. The van der Waals surface area contributed by atoms with E-state index < -0.39 is 0 Å². The maximum absolute atomic E-state index is 9.86. The molecule has 0 bridgehead atoms. The molecule has 0 saturated carbocycles. The molecule has 0 radical (unpaired) electrons. The number of hydrogen-bond donors (Lipinski definition) is 2. The molecule has 0 amide bonds. The van der Waals surface area contributed by atoms with Gasteiger partial charge in [0.25, 0.3) is 0 Å². The highest BCUT2D eigenvalue weighted by molar-refractivity contribution is 5.74. The van der Waals surface area contributed by atoms with Gasteiger partial charge in [0.05, 0.1) is 16.7 Å². The zero-order chi connectivity index (χ0) is 14.5. The van der Waals surface area contributed by atoms with Gasteiger partial charge in [-0.2, -0.15) is 0 Å². The maximum Gasteiger partial charge on any atom is 0.140 e. The van der Waals surface area contributed by atoms with Gasteiger partial charge in [-0.15, -0.1) is 0 Å². The van der Waals surface area contributed by atoms with Crippen molar-refractivity contribution in [3.63, 3.8) is 0 Å². The molecule has 0 aliphatic carbocycles. The Morgan fingerprint density at radius 2 is 2.00 bits per heavy atom. The first-order chi connectivity index (χ1) is 9.61. The highest BCUT2D eigenvalue weighted by Crippen LogP contribution is 2.13. The van der Waals surface area contributed by atoms with Crippen LogP contribution in [0.15, 0.2) is 66.9 Å². The summed E-state index contributed by atoms with van der Waals surface area (Å²) in [6.45, 7) is 9.75. The number of allylic oxidation sites excluding steroid dienone is 2. The second-order valence-corrected chi connectivity index (χ2v) is 4.45. The molecule has 0 fully saturated rings. The molecule has 0 atom stereocenters. The van der Waals surface area contributed by atoms with E-state index in [2.05, 4.69) is 28.4 Å². The van der Waals surface area contributed by atoms with Gasteiger partial charge in [-0.05, 0) is 30.2 Å². The Labute approximate surface area is 118 Å². The second kappa shape index (κ2) is 6.02. The van der Waals surface area contributed by atoms with Gasteiger partial charge in [-0.3, -0.25) is 9.97 Å².